The quantitative estimate of drug-likeness (QED) is 0.881. The van der Waals surface area contributed by atoms with Gasteiger partial charge in [-0.2, -0.15) is 0 Å². The number of carbonyl (C=O) groups excluding carboxylic acids is 1. The van der Waals surface area contributed by atoms with Crippen molar-refractivity contribution in [2.24, 2.45) is 0 Å². The van der Waals surface area contributed by atoms with Gasteiger partial charge >= 0.3 is 0 Å². The molecule has 0 fully saturated rings. The van der Waals surface area contributed by atoms with Crippen LogP contribution >= 0.6 is 15.9 Å². The van der Waals surface area contributed by atoms with Crippen molar-refractivity contribution in [2.75, 3.05) is 0 Å². The summed E-state index contributed by atoms with van der Waals surface area (Å²) in [5, 5.41) is 9.93. The third-order valence-corrected chi connectivity index (χ3v) is 3.23. The Morgan fingerprint density at radius 2 is 1.67 bits per heavy atom. The van der Waals surface area contributed by atoms with E-state index in [0.29, 0.717) is 12.0 Å². The lowest BCUT2D eigenvalue weighted by molar-refractivity contribution is 0.0748. The number of aliphatic hydroxyl groups excluding tert-OH is 1. The van der Waals surface area contributed by atoms with Gasteiger partial charge in [0.2, 0.25) is 0 Å². The molecule has 0 aliphatic rings. The third-order valence-electron chi connectivity index (χ3n) is 2.70. The molecule has 18 heavy (non-hydrogen) atoms. The molecule has 2 rings (SSSR count). The van der Waals surface area contributed by atoms with Gasteiger partial charge in [-0.3, -0.25) is 4.79 Å². The Balaban J connectivity index is 2.06. The summed E-state index contributed by atoms with van der Waals surface area (Å²) in [5.74, 6) is -0.237. The number of halogens is 1. The van der Waals surface area contributed by atoms with E-state index in [-0.39, 0.29) is 5.78 Å². The fourth-order valence-electron chi connectivity index (χ4n) is 1.73. The lowest BCUT2D eigenvalue weighted by Crippen LogP contribution is -2.22. The first kappa shape index (κ1) is 13.0. The van der Waals surface area contributed by atoms with Crippen molar-refractivity contribution in [3.63, 3.8) is 0 Å². The maximum absolute atomic E-state index is 12.0. The van der Waals surface area contributed by atoms with Crippen LogP contribution in [0.5, 0.6) is 0 Å². The van der Waals surface area contributed by atoms with E-state index < -0.39 is 6.10 Å². The van der Waals surface area contributed by atoms with Gasteiger partial charge in [0, 0.05) is 16.5 Å². The van der Waals surface area contributed by atoms with Gasteiger partial charge in [-0.15, -0.1) is 0 Å². The van der Waals surface area contributed by atoms with Gasteiger partial charge < -0.3 is 5.11 Å². The van der Waals surface area contributed by atoms with E-state index in [1.54, 1.807) is 24.3 Å². The Morgan fingerprint density at radius 1 is 1.06 bits per heavy atom. The largest absolute Gasteiger partial charge is 0.385 e. The summed E-state index contributed by atoms with van der Waals surface area (Å²) in [4.78, 5) is 12.0. The van der Waals surface area contributed by atoms with Gasteiger partial charge in [-0.05, 0) is 17.7 Å². The van der Waals surface area contributed by atoms with Crippen LogP contribution in [0.15, 0.2) is 59.1 Å². The van der Waals surface area contributed by atoms with Crippen molar-refractivity contribution in [1.82, 2.24) is 0 Å². The van der Waals surface area contributed by atoms with Crippen LogP contribution in [0.3, 0.4) is 0 Å². The Morgan fingerprint density at radius 3 is 2.28 bits per heavy atom. The Bertz CT molecular complexity index is 520. The van der Waals surface area contributed by atoms with Gasteiger partial charge in [0.25, 0.3) is 0 Å². The molecule has 0 saturated heterocycles. The number of benzene rings is 2. The van der Waals surface area contributed by atoms with Crippen LogP contribution in [0.25, 0.3) is 0 Å². The van der Waals surface area contributed by atoms with E-state index in [2.05, 4.69) is 15.9 Å². The zero-order chi connectivity index (χ0) is 13.0. The van der Waals surface area contributed by atoms with Gasteiger partial charge in [0.1, 0.15) is 6.10 Å². The second-order valence-corrected chi connectivity index (χ2v) is 4.99. The monoisotopic (exact) mass is 304 g/mol. The maximum atomic E-state index is 12.0. The number of ketones is 1. The fraction of sp³-hybridized carbons (Fsp3) is 0.133. The minimum Gasteiger partial charge on any atom is -0.385 e. The van der Waals surface area contributed by atoms with E-state index >= 15 is 0 Å². The molecule has 0 aliphatic carbocycles. The minimum absolute atomic E-state index is 0.237. The number of Topliss-reactive ketones (excluding diaryl/α,β-unsaturated/α-hetero) is 1. The summed E-state index contributed by atoms with van der Waals surface area (Å²) in [6.45, 7) is 0. The van der Waals surface area contributed by atoms with Gasteiger partial charge in [0.15, 0.2) is 5.78 Å². The Labute approximate surface area is 114 Å². The molecule has 0 heterocycles. The smallest absolute Gasteiger partial charge is 0.191 e. The molecule has 0 aromatic heterocycles. The van der Waals surface area contributed by atoms with Crippen LogP contribution < -0.4 is 0 Å². The predicted octanol–water partition coefficient (Wildman–Crippen LogP) is 3.24. The highest BCUT2D eigenvalue weighted by Gasteiger charge is 2.17. The zero-order valence-electron chi connectivity index (χ0n) is 9.71. The van der Waals surface area contributed by atoms with Crippen molar-refractivity contribution >= 4 is 21.7 Å². The molecule has 1 unspecified atom stereocenters. The molecule has 0 radical (unpaired) electrons. The Kier molecular flexibility index (Phi) is 4.28. The molecule has 0 saturated carbocycles. The first-order chi connectivity index (χ1) is 8.66. The SMILES string of the molecule is O=C(c1ccccc1)C(O)Cc1ccc(Br)cc1. The molecule has 92 valence electrons. The average Bonchev–Trinajstić information content (AvgIpc) is 2.41. The van der Waals surface area contributed by atoms with E-state index in [1.165, 1.54) is 0 Å². The highest BCUT2D eigenvalue weighted by Crippen LogP contribution is 2.13. The molecule has 0 aliphatic heterocycles. The van der Waals surface area contributed by atoms with Crippen LogP contribution in [-0.2, 0) is 6.42 Å². The minimum atomic E-state index is -0.992. The fourth-order valence-corrected chi connectivity index (χ4v) is 2.00. The summed E-state index contributed by atoms with van der Waals surface area (Å²) in [5.41, 5.74) is 1.48. The summed E-state index contributed by atoms with van der Waals surface area (Å²) in [7, 11) is 0. The molecule has 2 aromatic rings. The van der Waals surface area contributed by atoms with E-state index in [9.17, 15) is 9.90 Å². The van der Waals surface area contributed by atoms with Gasteiger partial charge in [0.05, 0.1) is 0 Å². The van der Waals surface area contributed by atoms with Gasteiger partial charge in [-0.25, -0.2) is 0 Å². The molecule has 3 heteroatoms. The molecule has 1 atom stereocenters. The molecule has 2 nitrogen and oxygen atoms in total. The molecule has 2 aromatic carbocycles. The molecule has 0 spiro atoms. The third kappa shape index (κ3) is 3.28. The molecular weight excluding hydrogens is 292 g/mol. The number of aliphatic hydroxyl groups is 1. The van der Waals surface area contributed by atoms with Crippen molar-refractivity contribution in [2.45, 2.75) is 12.5 Å². The average molecular weight is 305 g/mol. The van der Waals surface area contributed by atoms with Crippen LogP contribution in [0.4, 0.5) is 0 Å². The van der Waals surface area contributed by atoms with Crippen molar-refractivity contribution < 1.29 is 9.90 Å². The second-order valence-electron chi connectivity index (χ2n) is 4.08. The number of carbonyl (C=O) groups is 1. The van der Waals surface area contributed by atoms with Crippen LogP contribution in [0.2, 0.25) is 0 Å². The number of hydrogen-bond acceptors (Lipinski definition) is 2. The lowest BCUT2D eigenvalue weighted by atomic mass is 10.0. The number of rotatable bonds is 4. The summed E-state index contributed by atoms with van der Waals surface area (Å²) in [6, 6.07) is 16.4. The van der Waals surface area contributed by atoms with E-state index in [1.807, 2.05) is 30.3 Å². The summed E-state index contributed by atoms with van der Waals surface area (Å²) in [6.07, 6.45) is -0.658. The first-order valence-electron chi connectivity index (χ1n) is 5.68. The summed E-state index contributed by atoms with van der Waals surface area (Å²) >= 11 is 3.35. The highest BCUT2D eigenvalue weighted by molar-refractivity contribution is 9.10. The van der Waals surface area contributed by atoms with Crippen LogP contribution in [0, 0.1) is 0 Å². The standard InChI is InChI=1S/C15H13BrO2/c16-13-8-6-11(7-9-13)10-14(17)15(18)12-4-2-1-3-5-12/h1-9,14,17H,10H2. The maximum Gasteiger partial charge on any atom is 0.191 e. The van der Waals surface area contributed by atoms with Crippen molar-refractivity contribution in [3.8, 4) is 0 Å². The van der Waals surface area contributed by atoms with Gasteiger partial charge in [-0.1, -0.05) is 58.4 Å². The van der Waals surface area contributed by atoms with Crippen molar-refractivity contribution in [1.29, 1.82) is 0 Å². The topological polar surface area (TPSA) is 37.3 Å². The van der Waals surface area contributed by atoms with Crippen molar-refractivity contribution in [3.05, 3.63) is 70.2 Å². The summed E-state index contributed by atoms with van der Waals surface area (Å²) < 4.78 is 0.982. The van der Waals surface area contributed by atoms with E-state index in [0.717, 1.165) is 10.0 Å². The zero-order valence-corrected chi connectivity index (χ0v) is 11.3. The predicted molar refractivity (Wildman–Crippen MR) is 74.6 cm³/mol. The number of hydrogen-bond donors (Lipinski definition) is 1. The Hall–Kier alpha value is -1.45. The lowest BCUT2D eigenvalue weighted by Gasteiger charge is -2.09. The highest BCUT2D eigenvalue weighted by atomic mass is 79.9. The normalized spacial score (nSPS) is 12.1. The molecule has 1 N–H and O–H groups in total. The second kappa shape index (κ2) is 5.94. The van der Waals surface area contributed by atoms with E-state index in [4.69, 9.17) is 0 Å². The first-order valence-corrected chi connectivity index (χ1v) is 6.48. The molecule has 0 amide bonds. The van der Waals surface area contributed by atoms with Crippen LogP contribution in [0.1, 0.15) is 15.9 Å². The molecular formula is C15H13BrO2. The van der Waals surface area contributed by atoms with Crippen LogP contribution in [-0.4, -0.2) is 17.0 Å². The molecule has 0 bridgehead atoms.